The number of nitrogens with zero attached hydrogens (tertiary/aromatic N) is 7. The molecule has 8 nitrogen and oxygen atoms in total. The van der Waals surface area contributed by atoms with E-state index in [1.54, 1.807) is 4.40 Å². The first kappa shape index (κ1) is 17.7. The number of nitriles is 2. The summed E-state index contributed by atoms with van der Waals surface area (Å²) in [5, 5.41) is 26.2. The van der Waals surface area contributed by atoms with Gasteiger partial charge in [-0.3, -0.25) is 9.20 Å². The van der Waals surface area contributed by atoms with Gasteiger partial charge in [0.15, 0.2) is 10.8 Å². The van der Waals surface area contributed by atoms with Crippen molar-refractivity contribution in [3.8, 4) is 12.1 Å². The quantitative estimate of drug-likeness (QED) is 0.700. The zero-order valence-corrected chi connectivity index (χ0v) is 14.4. The van der Waals surface area contributed by atoms with Gasteiger partial charge in [-0.05, 0) is 13.8 Å². The van der Waals surface area contributed by atoms with E-state index in [0.717, 1.165) is 11.5 Å². The number of thioether (sulfide) groups is 1. The Labute approximate surface area is 144 Å². The standard InChI is InChI=1S/C15H17N7OS/c1-11-9-13-19-20-15(22(13)12(2)18-11)24-10-14(23)21(7-3-5-16)8-4-6-17/h9H,3-4,7-8,10H2,1-2H3. The lowest BCUT2D eigenvalue weighted by Gasteiger charge is -2.19. The second kappa shape index (κ2) is 8.27. The fourth-order valence-corrected chi connectivity index (χ4v) is 3.13. The van der Waals surface area contributed by atoms with E-state index in [9.17, 15) is 4.79 Å². The van der Waals surface area contributed by atoms with Gasteiger partial charge in [0.25, 0.3) is 0 Å². The van der Waals surface area contributed by atoms with Gasteiger partial charge in [-0.15, -0.1) is 10.2 Å². The van der Waals surface area contributed by atoms with Gasteiger partial charge in [0.2, 0.25) is 5.91 Å². The Balaban J connectivity index is 2.07. The predicted octanol–water partition coefficient (Wildman–Crippen LogP) is 1.49. The third-order valence-corrected chi connectivity index (χ3v) is 4.24. The summed E-state index contributed by atoms with van der Waals surface area (Å²) in [6, 6.07) is 5.87. The van der Waals surface area contributed by atoms with Crippen LogP contribution in [0.25, 0.3) is 5.65 Å². The average molecular weight is 343 g/mol. The summed E-state index contributed by atoms with van der Waals surface area (Å²) in [6.07, 6.45) is 0.496. The zero-order chi connectivity index (χ0) is 17.5. The highest BCUT2D eigenvalue weighted by molar-refractivity contribution is 7.99. The van der Waals surface area contributed by atoms with Gasteiger partial charge in [-0.25, -0.2) is 4.98 Å². The normalized spacial score (nSPS) is 10.3. The van der Waals surface area contributed by atoms with Crippen LogP contribution in [0.15, 0.2) is 11.2 Å². The zero-order valence-electron chi connectivity index (χ0n) is 13.6. The molecule has 2 aromatic rings. The molecule has 0 atom stereocenters. The van der Waals surface area contributed by atoms with Crippen molar-refractivity contribution in [2.24, 2.45) is 0 Å². The molecule has 0 aromatic carbocycles. The molecule has 0 aliphatic rings. The van der Waals surface area contributed by atoms with Gasteiger partial charge in [0.1, 0.15) is 5.82 Å². The van der Waals surface area contributed by atoms with E-state index in [0.29, 0.717) is 23.9 Å². The van der Waals surface area contributed by atoms with Crippen LogP contribution in [-0.4, -0.2) is 49.2 Å². The molecular formula is C15H17N7OS. The van der Waals surface area contributed by atoms with E-state index in [4.69, 9.17) is 10.5 Å². The van der Waals surface area contributed by atoms with Crippen LogP contribution in [-0.2, 0) is 4.79 Å². The minimum absolute atomic E-state index is 0.125. The monoisotopic (exact) mass is 343 g/mol. The first-order chi connectivity index (χ1) is 11.6. The van der Waals surface area contributed by atoms with E-state index >= 15 is 0 Å². The Kier molecular flexibility index (Phi) is 6.10. The molecule has 0 aliphatic carbocycles. The largest absolute Gasteiger partial charge is 0.340 e. The molecule has 0 radical (unpaired) electrons. The number of hydrogen-bond acceptors (Lipinski definition) is 7. The molecule has 0 saturated carbocycles. The molecule has 0 fully saturated rings. The maximum absolute atomic E-state index is 12.3. The first-order valence-corrected chi connectivity index (χ1v) is 8.39. The lowest BCUT2D eigenvalue weighted by Crippen LogP contribution is -2.34. The van der Waals surface area contributed by atoms with E-state index < -0.39 is 0 Å². The molecule has 0 unspecified atom stereocenters. The third-order valence-electron chi connectivity index (χ3n) is 3.32. The van der Waals surface area contributed by atoms with Gasteiger partial charge in [0, 0.05) is 24.8 Å². The molecule has 9 heteroatoms. The lowest BCUT2D eigenvalue weighted by atomic mass is 10.3. The average Bonchev–Trinajstić information content (AvgIpc) is 2.96. The Morgan fingerprint density at radius 3 is 2.54 bits per heavy atom. The highest BCUT2D eigenvalue weighted by Gasteiger charge is 2.16. The van der Waals surface area contributed by atoms with Crippen molar-refractivity contribution in [2.75, 3.05) is 18.8 Å². The predicted molar refractivity (Wildman–Crippen MR) is 88.0 cm³/mol. The van der Waals surface area contributed by atoms with Crippen molar-refractivity contribution in [2.45, 2.75) is 31.8 Å². The molecule has 0 N–H and O–H groups in total. The van der Waals surface area contributed by atoms with Crippen LogP contribution in [0.1, 0.15) is 24.4 Å². The number of fused-ring (bicyclic) bond motifs is 1. The molecule has 0 aliphatic heterocycles. The van der Waals surface area contributed by atoms with Crippen molar-refractivity contribution in [1.29, 1.82) is 10.5 Å². The number of hydrogen-bond donors (Lipinski definition) is 0. The van der Waals surface area contributed by atoms with Crippen LogP contribution in [0.5, 0.6) is 0 Å². The Hall–Kier alpha value is -2.65. The molecule has 0 spiro atoms. The van der Waals surface area contributed by atoms with E-state index in [-0.39, 0.29) is 24.5 Å². The maximum Gasteiger partial charge on any atom is 0.233 e. The molecule has 2 aromatic heterocycles. The van der Waals surface area contributed by atoms with E-state index in [1.807, 2.05) is 32.1 Å². The van der Waals surface area contributed by atoms with Gasteiger partial charge >= 0.3 is 0 Å². The van der Waals surface area contributed by atoms with Crippen molar-refractivity contribution >= 4 is 23.3 Å². The summed E-state index contributed by atoms with van der Waals surface area (Å²) < 4.78 is 1.81. The number of amides is 1. The van der Waals surface area contributed by atoms with Crippen molar-refractivity contribution in [1.82, 2.24) is 24.5 Å². The van der Waals surface area contributed by atoms with E-state index in [2.05, 4.69) is 15.2 Å². The minimum Gasteiger partial charge on any atom is -0.340 e. The van der Waals surface area contributed by atoms with E-state index in [1.165, 1.54) is 16.7 Å². The summed E-state index contributed by atoms with van der Waals surface area (Å²) in [5.41, 5.74) is 1.56. The van der Waals surface area contributed by atoms with Crippen LogP contribution in [0.2, 0.25) is 0 Å². The molecule has 124 valence electrons. The third kappa shape index (κ3) is 4.21. The van der Waals surface area contributed by atoms with Crippen LogP contribution in [0, 0.1) is 36.5 Å². The number of rotatable bonds is 7. The van der Waals surface area contributed by atoms with Gasteiger partial charge in [0.05, 0.1) is 30.7 Å². The van der Waals surface area contributed by atoms with Gasteiger partial charge in [-0.2, -0.15) is 10.5 Å². The number of aromatic nitrogens is 4. The molecule has 2 rings (SSSR count). The summed E-state index contributed by atoms with van der Waals surface area (Å²) in [5.74, 6) is 0.807. The highest BCUT2D eigenvalue weighted by atomic mass is 32.2. The second-order valence-corrected chi connectivity index (χ2v) is 6.05. The number of carbonyl (C=O) groups excluding carboxylic acids is 1. The van der Waals surface area contributed by atoms with Gasteiger partial charge < -0.3 is 4.90 Å². The topological polar surface area (TPSA) is 111 Å². The fourth-order valence-electron chi connectivity index (χ4n) is 2.25. The Morgan fingerprint density at radius 2 is 1.92 bits per heavy atom. The van der Waals surface area contributed by atoms with Crippen molar-refractivity contribution in [3.05, 3.63) is 17.6 Å². The number of aryl methyl sites for hydroxylation is 2. The summed E-state index contributed by atoms with van der Waals surface area (Å²) in [7, 11) is 0. The molecule has 0 bridgehead atoms. The molecule has 1 amide bonds. The Morgan fingerprint density at radius 1 is 1.25 bits per heavy atom. The first-order valence-electron chi connectivity index (χ1n) is 7.40. The summed E-state index contributed by atoms with van der Waals surface area (Å²) in [6.45, 7) is 4.41. The van der Waals surface area contributed by atoms with Crippen LogP contribution in [0.3, 0.4) is 0 Å². The molecule has 0 saturated heterocycles. The summed E-state index contributed by atoms with van der Waals surface area (Å²) >= 11 is 1.27. The number of carbonyl (C=O) groups is 1. The summed E-state index contributed by atoms with van der Waals surface area (Å²) in [4.78, 5) is 18.3. The second-order valence-electron chi connectivity index (χ2n) is 5.11. The lowest BCUT2D eigenvalue weighted by molar-refractivity contribution is -0.128. The fraction of sp³-hybridized carbons (Fsp3) is 0.467. The smallest absolute Gasteiger partial charge is 0.233 e. The van der Waals surface area contributed by atoms with Crippen LogP contribution in [0.4, 0.5) is 0 Å². The van der Waals surface area contributed by atoms with Crippen molar-refractivity contribution in [3.63, 3.8) is 0 Å². The molecule has 2 heterocycles. The minimum atomic E-state index is -0.125. The van der Waals surface area contributed by atoms with Crippen molar-refractivity contribution < 1.29 is 4.79 Å². The maximum atomic E-state index is 12.3. The molecule has 24 heavy (non-hydrogen) atoms. The highest BCUT2D eigenvalue weighted by Crippen LogP contribution is 2.19. The Bertz CT molecular complexity index is 800. The SMILES string of the molecule is Cc1cc2nnc(SCC(=O)N(CCC#N)CCC#N)n2c(C)n1. The van der Waals surface area contributed by atoms with Gasteiger partial charge in [-0.1, -0.05) is 11.8 Å². The molecular weight excluding hydrogens is 326 g/mol. The van der Waals surface area contributed by atoms with Crippen LogP contribution < -0.4 is 0 Å². The van der Waals surface area contributed by atoms with Crippen LogP contribution >= 0.6 is 11.8 Å².